The Morgan fingerprint density at radius 1 is 1.30 bits per heavy atom. The van der Waals surface area contributed by atoms with Gasteiger partial charge in [0.2, 0.25) is 0 Å². The lowest BCUT2D eigenvalue weighted by molar-refractivity contribution is -0.0106. The molecule has 3 aliphatic heterocycles. The molecule has 0 spiro atoms. The molecule has 6 heteroatoms. The molecule has 1 unspecified atom stereocenters. The molecule has 0 aliphatic carbocycles. The van der Waals surface area contributed by atoms with Crippen molar-refractivity contribution in [3.63, 3.8) is 0 Å². The van der Waals surface area contributed by atoms with Crippen molar-refractivity contribution in [2.75, 3.05) is 19.6 Å². The second-order valence-electron chi connectivity index (χ2n) is 5.42. The highest BCUT2D eigenvalue weighted by Crippen LogP contribution is 2.33. The zero-order valence-corrected chi connectivity index (χ0v) is 12.5. The van der Waals surface area contributed by atoms with E-state index in [1.165, 1.54) is 25.9 Å². The molecule has 3 aliphatic rings. The van der Waals surface area contributed by atoms with Crippen molar-refractivity contribution in [1.29, 1.82) is 0 Å². The van der Waals surface area contributed by atoms with E-state index < -0.39 is 0 Å². The lowest BCUT2D eigenvalue weighted by atomic mass is 9.86. The molecule has 4 nitrogen and oxygen atoms in total. The Labute approximate surface area is 128 Å². The summed E-state index contributed by atoms with van der Waals surface area (Å²) in [5, 5.41) is 5.58. The second kappa shape index (κ2) is 5.43. The summed E-state index contributed by atoms with van der Waals surface area (Å²) in [6, 6.07) is 5.48. The van der Waals surface area contributed by atoms with Gasteiger partial charge >= 0.3 is 0 Å². The van der Waals surface area contributed by atoms with Crippen LogP contribution in [-0.4, -0.2) is 35.8 Å². The van der Waals surface area contributed by atoms with Crippen LogP contribution in [0.15, 0.2) is 22.7 Å². The molecule has 5 rings (SSSR count). The van der Waals surface area contributed by atoms with Crippen LogP contribution in [0.25, 0.3) is 11.0 Å². The average Bonchev–Trinajstić information content (AvgIpc) is 2.83. The highest BCUT2D eigenvalue weighted by atomic mass is 35.5. The number of aromatic nitrogens is 1. The molecule has 4 heterocycles. The summed E-state index contributed by atoms with van der Waals surface area (Å²) < 4.78 is 11.4. The molecule has 108 valence electrons. The predicted molar refractivity (Wildman–Crippen MR) is 79.8 cm³/mol. The fourth-order valence-electron chi connectivity index (χ4n) is 3.16. The lowest BCUT2D eigenvalue weighted by Crippen LogP contribution is -2.52. The van der Waals surface area contributed by atoms with Crippen LogP contribution in [0.5, 0.6) is 5.88 Å². The van der Waals surface area contributed by atoms with Gasteiger partial charge in [-0.3, -0.25) is 4.90 Å². The summed E-state index contributed by atoms with van der Waals surface area (Å²) in [6.07, 6.45) is 2.68. The topological polar surface area (TPSA) is 38.5 Å². The maximum atomic E-state index is 6.09. The van der Waals surface area contributed by atoms with Crippen molar-refractivity contribution < 1.29 is 9.26 Å². The second-order valence-corrected chi connectivity index (χ2v) is 5.86. The average molecular weight is 315 g/mol. The van der Waals surface area contributed by atoms with Gasteiger partial charge in [-0.25, -0.2) is 0 Å². The van der Waals surface area contributed by atoms with Gasteiger partial charge in [-0.05, 0) is 55.2 Å². The minimum Gasteiger partial charge on any atom is -0.470 e. The summed E-state index contributed by atoms with van der Waals surface area (Å²) in [4.78, 5) is 2.46. The molecule has 0 amide bonds. The summed E-state index contributed by atoms with van der Waals surface area (Å²) >= 11 is 6.02. The van der Waals surface area contributed by atoms with Crippen molar-refractivity contribution in [3.8, 4) is 5.88 Å². The molecule has 3 saturated heterocycles. The highest BCUT2D eigenvalue weighted by Gasteiger charge is 2.36. The van der Waals surface area contributed by atoms with E-state index in [-0.39, 0.29) is 18.5 Å². The first kappa shape index (κ1) is 14.0. The summed E-state index contributed by atoms with van der Waals surface area (Å²) in [5.41, 5.74) is 0.723. The summed E-state index contributed by atoms with van der Waals surface area (Å²) in [5.74, 6) is 1.23. The smallest absolute Gasteiger partial charge is 0.262 e. The molecule has 1 aromatic carbocycles. The molecular weight excluding hydrogens is 299 g/mol. The van der Waals surface area contributed by atoms with Gasteiger partial charge < -0.3 is 9.26 Å². The third-order valence-corrected chi connectivity index (χ3v) is 4.49. The third-order valence-electron chi connectivity index (χ3n) is 4.26. The Balaban J connectivity index is 0.00000121. The summed E-state index contributed by atoms with van der Waals surface area (Å²) in [6.45, 7) is 3.41. The largest absolute Gasteiger partial charge is 0.470 e. The van der Waals surface area contributed by atoms with Crippen LogP contribution in [0.1, 0.15) is 12.8 Å². The van der Waals surface area contributed by atoms with Gasteiger partial charge in [0.15, 0.2) is 5.58 Å². The number of hydrogen-bond donors (Lipinski definition) is 0. The first-order chi connectivity index (χ1) is 9.29. The van der Waals surface area contributed by atoms with E-state index in [0.717, 1.165) is 17.5 Å². The van der Waals surface area contributed by atoms with Crippen LogP contribution in [0.2, 0.25) is 5.02 Å². The van der Waals surface area contributed by atoms with Crippen LogP contribution in [0.4, 0.5) is 0 Å². The number of halogens is 2. The molecule has 0 N–H and O–H groups in total. The Morgan fingerprint density at radius 3 is 2.80 bits per heavy atom. The molecule has 0 saturated carbocycles. The predicted octanol–water partition coefficient (Wildman–Crippen LogP) is 3.38. The van der Waals surface area contributed by atoms with Gasteiger partial charge in [-0.2, -0.15) is 0 Å². The molecule has 1 atom stereocenters. The van der Waals surface area contributed by atoms with E-state index >= 15 is 0 Å². The fraction of sp³-hybridized carbons (Fsp3) is 0.500. The van der Waals surface area contributed by atoms with Crippen molar-refractivity contribution in [3.05, 3.63) is 23.2 Å². The number of benzene rings is 1. The standard InChI is InChI=1S/C14H15ClN2O2.ClH/c15-10-1-2-12-11(7-10)14(16-19-12)18-13-8-17-5-3-9(13)4-6-17;/h1-2,7,9,13H,3-6,8H2;1H. The number of nitrogens with zero attached hydrogens (tertiary/aromatic N) is 2. The van der Waals surface area contributed by atoms with Crippen molar-refractivity contribution in [2.45, 2.75) is 18.9 Å². The van der Waals surface area contributed by atoms with E-state index in [2.05, 4.69) is 10.1 Å². The molecule has 20 heavy (non-hydrogen) atoms. The van der Waals surface area contributed by atoms with E-state index in [1.54, 1.807) is 6.07 Å². The normalized spacial score (nSPS) is 28.4. The Bertz CT molecular complexity index is 608. The van der Waals surface area contributed by atoms with E-state index in [4.69, 9.17) is 20.9 Å². The Morgan fingerprint density at radius 2 is 2.10 bits per heavy atom. The van der Waals surface area contributed by atoms with E-state index in [0.29, 0.717) is 16.8 Å². The highest BCUT2D eigenvalue weighted by molar-refractivity contribution is 6.31. The third kappa shape index (κ3) is 2.36. The van der Waals surface area contributed by atoms with Crippen molar-refractivity contribution in [2.24, 2.45) is 5.92 Å². The zero-order valence-electron chi connectivity index (χ0n) is 10.9. The van der Waals surface area contributed by atoms with Crippen LogP contribution in [-0.2, 0) is 0 Å². The SMILES string of the molecule is Cl.Clc1ccc2onc(OC3CN4CCC3CC4)c2c1. The minimum atomic E-state index is 0. The Hall–Kier alpha value is -0.970. The zero-order chi connectivity index (χ0) is 12.8. The van der Waals surface area contributed by atoms with Gasteiger partial charge in [-0.1, -0.05) is 11.6 Å². The first-order valence-electron chi connectivity index (χ1n) is 6.73. The molecule has 1 aromatic heterocycles. The Kier molecular flexibility index (Phi) is 3.80. The van der Waals surface area contributed by atoms with Gasteiger partial charge in [0.1, 0.15) is 6.10 Å². The minimum absolute atomic E-state index is 0. The molecule has 2 aromatic rings. The molecule has 2 bridgehead atoms. The van der Waals surface area contributed by atoms with E-state index in [1.807, 2.05) is 12.1 Å². The van der Waals surface area contributed by atoms with Crippen molar-refractivity contribution in [1.82, 2.24) is 10.1 Å². The van der Waals surface area contributed by atoms with Crippen LogP contribution in [0.3, 0.4) is 0 Å². The van der Waals surface area contributed by atoms with Crippen LogP contribution < -0.4 is 4.74 Å². The fourth-order valence-corrected chi connectivity index (χ4v) is 3.33. The maximum Gasteiger partial charge on any atom is 0.262 e. The number of ether oxygens (including phenoxy) is 1. The van der Waals surface area contributed by atoms with Crippen molar-refractivity contribution >= 4 is 35.0 Å². The monoisotopic (exact) mass is 314 g/mol. The van der Waals surface area contributed by atoms with Gasteiger partial charge in [0, 0.05) is 11.6 Å². The lowest BCUT2D eigenvalue weighted by Gasteiger charge is -2.43. The van der Waals surface area contributed by atoms with E-state index in [9.17, 15) is 0 Å². The number of rotatable bonds is 2. The summed E-state index contributed by atoms with van der Waals surface area (Å²) in [7, 11) is 0. The first-order valence-corrected chi connectivity index (χ1v) is 7.11. The van der Waals surface area contributed by atoms with Gasteiger partial charge in [0.05, 0.1) is 5.39 Å². The van der Waals surface area contributed by atoms with Crippen LogP contribution >= 0.6 is 24.0 Å². The molecule has 0 radical (unpaired) electrons. The van der Waals surface area contributed by atoms with Crippen LogP contribution in [0, 0.1) is 5.92 Å². The van der Waals surface area contributed by atoms with Gasteiger partial charge in [-0.15, -0.1) is 12.4 Å². The number of hydrogen-bond acceptors (Lipinski definition) is 4. The number of fused-ring (bicyclic) bond motifs is 4. The molecular formula is C14H16Cl2N2O2. The number of piperidine rings is 3. The maximum absolute atomic E-state index is 6.09. The quantitative estimate of drug-likeness (QED) is 0.851. The van der Waals surface area contributed by atoms with Gasteiger partial charge in [0.25, 0.3) is 5.88 Å². The molecule has 3 fully saturated rings.